The van der Waals surface area contributed by atoms with Crippen LogP contribution in [0.5, 0.6) is 0 Å². The van der Waals surface area contributed by atoms with Crippen molar-refractivity contribution in [3.8, 4) is 0 Å². The Hall–Kier alpha value is -0.120. The Labute approximate surface area is 92.5 Å². The van der Waals surface area contributed by atoms with Gasteiger partial charge in [0.1, 0.15) is 0 Å². The first kappa shape index (κ1) is 11.4. The van der Waals surface area contributed by atoms with Crippen molar-refractivity contribution in [1.82, 2.24) is 5.32 Å². The summed E-state index contributed by atoms with van der Waals surface area (Å²) in [6, 6.07) is 0. The van der Waals surface area contributed by atoms with Crippen LogP contribution in [0.2, 0.25) is 0 Å². The van der Waals surface area contributed by atoms with Gasteiger partial charge in [-0.25, -0.2) is 0 Å². The van der Waals surface area contributed by atoms with Crippen LogP contribution in [0, 0.1) is 0 Å². The molecule has 0 radical (unpaired) electrons. The van der Waals surface area contributed by atoms with Gasteiger partial charge in [-0.1, -0.05) is 0 Å². The van der Waals surface area contributed by atoms with Crippen molar-refractivity contribution in [2.45, 2.75) is 50.2 Å². The maximum Gasteiger partial charge on any atom is 0.0727 e. The molecule has 2 rings (SSSR count). The molecule has 1 N–H and O–H groups in total. The second-order valence-electron chi connectivity index (χ2n) is 4.83. The van der Waals surface area contributed by atoms with Crippen LogP contribution in [-0.2, 0) is 9.47 Å². The van der Waals surface area contributed by atoms with E-state index >= 15 is 0 Å². The molecule has 0 aromatic rings. The van der Waals surface area contributed by atoms with E-state index in [2.05, 4.69) is 5.32 Å². The summed E-state index contributed by atoms with van der Waals surface area (Å²) in [6.45, 7) is 3.11. The quantitative estimate of drug-likeness (QED) is 0.774. The van der Waals surface area contributed by atoms with Gasteiger partial charge < -0.3 is 14.8 Å². The Morgan fingerprint density at radius 2 is 2.13 bits per heavy atom. The predicted molar refractivity (Wildman–Crippen MR) is 60.1 cm³/mol. The first-order chi connectivity index (χ1) is 7.35. The summed E-state index contributed by atoms with van der Waals surface area (Å²) >= 11 is 0. The van der Waals surface area contributed by atoms with E-state index in [-0.39, 0.29) is 5.60 Å². The summed E-state index contributed by atoms with van der Waals surface area (Å²) in [5.41, 5.74) is 0.0905. The summed E-state index contributed by atoms with van der Waals surface area (Å²) in [5, 5.41) is 3.39. The van der Waals surface area contributed by atoms with Gasteiger partial charge in [0.05, 0.1) is 11.7 Å². The molecule has 0 amide bonds. The zero-order chi connectivity index (χ0) is 10.6. The van der Waals surface area contributed by atoms with E-state index < -0.39 is 0 Å². The first-order valence-electron chi connectivity index (χ1n) is 6.22. The number of piperidine rings is 1. The standard InChI is InChI=1S/C12H23NO2/c1-14-12(5-7-13-8-6-12)10-11-4-2-3-9-15-11/h11,13H,2-10H2,1H3. The molecule has 0 aromatic carbocycles. The lowest BCUT2D eigenvalue weighted by Crippen LogP contribution is -2.46. The van der Waals surface area contributed by atoms with E-state index in [1.54, 1.807) is 0 Å². The molecule has 3 nitrogen and oxygen atoms in total. The van der Waals surface area contributed by atoms with Gasteiger partial charge in [0, 0.05) is 20.1 Å². The molecule has 0 aromatic heterocycles. The molecule has 0 bridgehead atoms. The van der Waals surface area contributed by atoms with Crippen LogP contribution in [0.15, 0.2) is 0 Å². The minimum absolute atomic E-state index is 0.0905. The molecule has 3 heteroatoms. The van der Waals surface area contributed by atoms with Crippen LogP contribution >= 0.6 is 0 Å². The average molecular weight is 213 g/mol. The Bertz CT molecular complexity index is 184. The molecule has 2 heterocycles. The highest BCUT2D eigenvalue weighted by molar-refractivity contribution is 4.89. The maximum absolute atomic E-state index is 5.81. The van der Waals surface area contributed by atoms with Crippen molar-refractivity contribution >= 4 is 0 Å². The van der Waals surface area contributed by atoms with Gasteiger partial charge in [0.2, 0.25) is 0 Å². The minimum Gasteiger partial charge on any atom is -0.378 e. The van der Waals surface area contributed by atoms with Crippen LogP contribution in [0.1, 0.15) is 38.5 Å². The van der Waals surface area contributed by atoms with Crippen molar-refractivity contribution in [2.75, 3.05) is 26.8 Å². The Balaban J connectivity index is 1.87. The summed E-state index contributed by atoms with van der Waals surface area (Å²) < 4.78 is 11.6. The molecule has 2 fully saturated rings. The Kier molecular flexibility index (Phi) is 4.00. The highest BCUT2D eigenvalue weighted by atomic mass is 16.5. The number of rotatable bonds is 3. The lowest BCUT2D eigenvalue weighted by molar-refractivity contribution is -0.0908. The Morgan fingerprint density at radius 3 is 2.73 bits per heavy atom. The number of hydrogen-bond donors (Lipinski definition) is 1. The fraction of sp³-hybridized carbons (Fsp3) is 1.00. The van der Waals surface area contributed by atoms with Gasteiger partial charge >= 0.3 is 0 Å². The largest absolute Gasteiger partial charge is 0.378 e. The molecule has 15 heavy (non-hydrogen) atoms. The maximum atomic E-state index is 5.81. The number of nitrogens with one attached hydrogen (secondary N) is 1. The zero-order valence-electron chi connectivity index (χ0n) is 9.76. The smallest absolute Gasteiger partial charge is 0.0727 e. The lowest BCUT2D eigenvalue weighted by atomic mass is 9.85. The molecule has 0 aliphatic carbocycles. The van der Waals surface area contributed by atoms with Gasteiger partial charge in [-0.3, -0.25) is 0 Å². The van der Waals surface area contributed by atoms with Gasteiger partial charge in [0.15, 0.2) is 0 Å². The molecule has 0 spiro atoms. The molecule has 88 valence electrons. The summed E-state index contributed by atoms with van der Waals surface area (Å²) in [6.07, 6.45) is 7.56. The Morgan fingerprint density at radius 1 is 1.33 bits per heavy atom. The number of hydrogen-bond acceptors (Lipinski definition) is 3. The number of methoxy groups -OCH3 is 1. The van der Waals surface area contributed by atoms with Crippen LogP contribution in [0.4, 0.5) is 0 Å². The summed E-state index contributed by atoms with van der Waals surface area (Å²) in [4.78, 5) is 0. The van der Waals surface area contributed by atoms with Gasteiger partial charge in [-0.15, -0.1) is 0 Å². The van der Waals surface area contributed by atoms with Crippen LogP contribution in [-0.4, -0.2) is 38.5 Å². The van der Waals surface area contributed by atoms with Gasteiger partial charge in [0.25, 0.3) is 0 Å². The van der Waals surface area contributed by atoms with E-state index in [4.69, 9.17) is 9.47 Å². The molecular formula is C12H23NO2. The molecule has 0 saturated carbocycles. The van der Waals surface area contributed by atoms with Crippen molar-refractivity contribution in [1.29, 1.82) is 0 Å². The highest BCUT2D eigenvalue weighted by Gasteiger charge is 2.35. The molecule has 2 saturated heterocycles. The highest BCUT2D eigenvalue weighted by Crippen LogP contribution is 2.31. The third-order valence-electron chi connectivity index (χ3n) is 3.82. The molecule has 1 atom stereocenters. The van der Waals surface area contributed by atoms with E-state index in [0.29, 0.717) is 6.10 Å². The van der Waals surface area contributed by atoms with Crippen LogP contribution in [0.3, 0.4) is 0 Å². The second-order valence-corrected chi connectivity index (χ2v) is 4.83. The molecule has 2 aliphatic rings. The zero-order valence-corrected chi connectivity index (χ0v) is 9.76. The minimum atomic E-state index is 0.0905. The van der Waals surface area contributed by atoms with Gasteiger partial charge in [-0.05, 0) is 45.2 Å². The third kappa shape index (κ3) is 2.92. The number of ether oxygens (including phenoxy) is 2. The van der Waals surface area contributed by atoms with Crippen molar-refractivity contribution < 1.29 is 9.47 Å². The van der Waals surface area contributed by atoms with Crippen molar-refractivity contribution in [2.24, 2.45) is 0 Å². The van der Waals surface area contributed by atoms with Gasteiger partial charge in [-0.2, -0.15) is 0 Å². The summed E-state index contributed by atoms with van der Waals surface area (Å²) in [5.74, 6) is 0. The fourth-order valence-electron chi connectivity index (χ4n) is 2.76. The van der Waals surface area contributed by atoms with E-state index in [0.717, 1.165) is 39.0 Å². The average Bonchev–Trinajstić information content (AvgIpc) is 2.32. The summed E-state index contributed by atoms with van der Waals surface area (Å²) in [7, 11) is 1.86. The van der Waals surface area contributed by atoms with E-state index in [1.807, 2.05) is 7.11 Å². The van der Waals surface area contributed by atoms with E-state index in [1.165, 1.54) is 19.3 Å². The molecule has 2 aliphatic heterocycles. The van der Waals surface area contributed by atoms with Crippen LogP contribution < -0.4 is 5.32 Å². The second kappa shape index (κ2) is 5.28. The topological polar surface area (TPSA) is 30.5 Å². The SMILES string of the molecule is COC1(CC2CCCCO2)CCNCC1. The van der Waals surface area contributed by atoms with Crippen molar-refractivity contribution in [3.05, 3.63) is 0 Å². The van der Waals surface area contributed by atoms with Crippen molar-refractivity contribution in [3.63, 3.8) is 0 Å². The van der Waals surface area contributed by atoms with Crippen LogP contribution in [0.25, 0.3) is 0 Å². The van der Waals surface area contributed by atoms with E-state index in [9.17, 15) is 0 Å². The molecular weight excluding hydrogens is 190 g/mol. The monoisotopic (exact) mass is 213 g/mol. The normalized spacial score (nSPS) is 31.4. The third-order valence-corrected chi connectivity index (χ3v) is 3.82. The lowest BCUT2D eigenvalue weighted by Gasteiger charge is -2.39. The predicted octanol–water partition coefficient (Wildman–Crippen LogP) is 1.71. The fourth-order valence-corrected chi connectivity index (χ4v) is 2.76. The first-order valence-corrected chi connectivity index (χ1v) is 6.22. The molecule has 1 unspecified atom stereocenters.